The molecular weight excluding hydrogens is 260 g/mol. The Morgan fingerprint density at radius 2 is 2.35 bits per heavy atom. The van der Waals surface area contributed by atoms with Crippen molar-refractivity contribution in [2.24, 2.45) is 5.92 Å². The van der Waals surface area contributed by atoms with Gasteiger partial charge in [0.05, 0.1) is 18.1 Å². The fourth-order valence-electron chi connectivity index (χ4n) is 2.87. The van der Waals surface area contributed by atoms with E-state index in [0.29, 0.717) is 12.5 Å². The Morgan fingerprint density at radius 3 is 3.10 bits per heavy atom. The predicted molar refractivity (Wildman–Crippen MR) is 71.0 cm³/mol. The number of carbonyl (C=O) groups excluding carboxylic acids is 1. The minimum Gasteiger partial charge on any atom is -0.406 e. The lowest BCUT2D eigenvalue weighted by Gasteiger charge is -2.14. The Hall–Kier alpha value is -1.47. The quantitative estimate of drug-likeness (QED) is 0.862. The first kappa shape index (κ1) is 13.5. The Bertz CT molecular complexity index is 470. The van der Waals surface area contributed by atoms with E-state index in [2.05, 4.69) is 20.8 Å². The minimum atomic E-state index is -0.125. The van der Waals surface area contributed by atoms with E-state index in [0.717, 1.165) is 32.2 Å². The fourth-order valence-corrected chi connectivity index (χ4v) is 2.87. The molecule has 0 spiro atoms. The highest BCUT2D eigenvalue weighted by Crippen LogP contribution is 2.26. The van der Waals surface area contributed by atoms with Crippen molar-refractivity contribution in [3.63, 3.8) is 0 Å². The van der Waals surface area contributed by atoms with Crippen LogP contribution in [0, 0.1) is 5.92 Å². The zero-order chi connectivity index (χ0) is 13.9. The summed E-state index contributed by atoms with van der Waals surface area (Å²) in [6.07, 6.45) is 3.67. The van der Waals surface area contributed by atoms with Crippen molar-refractivity contribution >= 4 is 11.9 Å². The Labute approximate surface area is 117 Å². The molecule has 3 atom stereocenters. The number of anilines is 1. The molecule has 2 fully saturated rings. The number of aromatic nitrogens is 2. The molecule has 0 saturated carbocycles. The Balaban J connectivity index is 1.61. The molecule has 2 aliphatic heterocycles. The van der Waals surface area contributed by atoms with Crippen LogP contribution in [0.5, 0.6) is 0 Å². The average Bonchev–Trinajstić information content (AvgIpc) is 3.19. The molecule has 0 aliphatic carbocycles. The molecule has 0 radical (unpaired) electrons. The highest BCUT2D eigenvalue weighted by atomic mass is 16.5. The van der Waals surface area contributed by atoms with Gasteiger partial charge in [0.1, 0.15) is 0 Å². The highest BCUT2D eigenvalue weighted by molar-refractivity contribution is 5.91. The molecule has 7 heteroatoms. The van der Waals surface area contributed by atoms with E-state index in [4.69, 9.17) is 9.15 Å². The van der Waals surface area contributed by atoms with Crippen molar-refractivity contribution in [2.75, 3.05) is 18.5 Å². The minimum absolute atomic E-state index is 0.00566. The number of amides is 1. The fraction of sp³-hybridized carbons (Fsp3) is 0.769. The molecule has 1 amide bonds. The summed E-state index contributed by atoms with van der Waals surface area (Å²) in [5.41, 5.74) is 0. The lowest BCUT2D eigenvalue weighted by molar-refractivity contribution is -0.121. The molecule has 1 aromatic heterocycles. The van der Waals surface area contributed by atoms with E-state index in [1.165, 1.54) is 0 Å². The van der Waals surface area contributed by atoms with Gasteiger partial charge in [-0.15, -0.1) is 5.10 Å². The molecule has 7 nitrogen and oxygen atoms in total. The lowest BCUT2D eigenvalue weighted by Crippen LogP contribution is -2.29. The molecule has 2 N–H and O–H groups in total. The van der Waals surface area contributed by atoms with E-state index < -0.39 is 0 Å². The lowest BCUT2D eigenvalue weighted by atomic mass is 9.99. The topological polar surface area (TPSA) is 89.3 Å². The summed E-state index contributed by atoms with van der Waals surface area (Å²) >= 11 is 0. The van der Waals surface area contributed by atoms with E-state index in [9.17, 15) is 4.79 Å². The summed E-state index contributed by atoms with van der Waals surface area (Å²) in [6, 6.07) is 0.298. The van der Waals surface area contributed by atoms with Gasteiger partial charge in [0.2, 0.25) is 11.8 Å². The second kappa shape index (κ2) is 5.88. The summed E-state index contributed by atoms with van der Waals surface area (Å²) in [7, 11) is 0. The number of rotatable bonds is 4. The molecule has 0 bridgehead atoms. The molecule has 1 aromatic rings. The zero-order valence-electron chi connectivity index (χ0n) is 11.6. The highest BCUT2D eigenvalue weighted by Gasteiger charge is 2.33. The van der Waals surface area contributed by atoms with Crippen LogP contribution >= 0.6 is 0 Å². The number of hydrogen-bond donors (Lipinski definition) is 2. The number of nitrogens with zero attached hydrogens (tertiary/aromatic N) is 2. The van der Waals surface area contributed by atoms with Crippen molar-refractivity contribution in [1.29, 1.82) is 0 Å². The summed E-state index contributed by atoms with van der Waals surface area (Å²) in [5.74, 6) is 0.330. The maximum atomic E-state index is 12.2. The number of nitrogens with one attached hydrogen (secondary N) is 2. The Kier molecular flexibility index (Phi) is 3.98. The number of hydrogen-bond acceptors (Lipinski definition) is 6. The molecule has 110 valence electrons. The SMILES string of the molecule is CCC1OCCC1C(=O)Nc1nnc(C2CCCN2)o1. The third-order valence-corrected chi connectivity index (χ3v) is 3.98. The zero-order valence-corrected chi connectivity index (χ0v) is 11.6. The van der Waals surface area contributed by atoms with Gasteiger partial charge in [0, 0.05) is 6.61 Å². The van der Waals surface area contributed by atoms with Gasteiger partial charge in [-0.05, 0) is 32.2 Å². The largest absolute Gasteiger partial charge is 0.406 e. The molecule has 0 aromatic carbocycles. The monoisotopic (exact) mass is 280 g/mol. The van der Waals surface area contributed by atoms with Crippen LogP contribution in [0.1, 0.15) is 44.5 Å². The second-order valence-corrected chi connectivity index (χ2v) is 5.30. The normalized spacial score (nSPS) is 29.8. The van der Waals surface area contributed by atoms with Crippen molar-refractivity contribution in [3.05, 3.63) is 5.89 Å². The first-order valence-corrected chi connectivity index (χ1v) is 7.27. The van der Waals surface area contributed by atoms with E-state index in [1.54, 1.807) is 0 Å². The summed E-state index contributed by atoms with van der Waals surface area (Å²) < 4.78 is 11.0. The van der Waals surface area contributed by atoms with Crippen molar-refractivity contribution < 1.29 is 13.9 Å². The van der Waals surface area contributed by atoms with Gasteiger partial charge in [-0.1, -0.05) is 12.0 Å². The van der Waals surface area contributed by atoms with Crippen LogP contribution in [-0.2, 0) is 9.53 Å². The van der Waals surface area contributed by atoms with Gasteiger partial charge < -0.3 is 14.5 Å². The van der Waals surface area contributed by atoms with Gasteiger partial charge >= 0.3 is 6.01 Å². The molecule has 3 rings (SSSR count). The van der Waals surface area contributed by atoms with Crippen LogP contribution in [0.4, 0.5) is 6.01 Å². The average molecular weight is 280 g/mol. The van der Waals surface area contributed by atoms with Crippen LogP contribution in [0.15, 0.2) is 4.42 Å². The van der Waals surface area contributed by atoms with Gasteiger partial charge in [-0.2, -0.15) is 0 Å². The Morgan fingerprint density at radius 1 is 1.45 bits per heavy atom. The number of carbonyl (C=O) groups is 1. The van der Waals surface area contributed by atoms with Gasteiger partial charge in [-0.3, -0.25) is 10.1 Å². The molecule has 20 heavy (non-hydrogen) atoms. The second-order valence-electron chi connectivity index (χ2n) is 5.30. The van der Waals surface area contributed by atoms with Crippen molar-refractivity contribution in [1.82, 2.24) is 15.5 Å². The van der Waals surface area contributed by atoms with Crippen LogP contribution < -0.4 is 10.6 Å². The van der Waals surface area contributed by atoms with Crippen molar-refractivity contribution in [3.8, 4) is 0 Å². The molecule has 2 saturated heterocycles. The standard InChI is InChI=1S/C13H20N4O3/c1-2-10-8(5-7-19-10)11(18)15-13-17-16-12(20-13)9-4-3-6-14-9/h8-10,14H,2-7H2,1H3,(H,15,17,18). The summed E-state index contributed by atoms with van der Waals surface area (Å²) in [6.45, 7) is 3.62. The van der Waals surface area contributed by atoms with Crippen LogP contribution in [-0.4, -0.2) is 35.4 Å². The molecule has 3 heterocycles. The maximum absolute atomic E-state index is 12.2. The van der Waals surface area contributed by atoms with Crippen LogP contribution in [0.25, 0.3) is 0 Å². The van der Waals surface area contributed by atoms with E-state index in [1.807, 2.05) is 6.92 Å². The summed E-state index contributed by atoms with van der Waals surface area (Å²) in [4.78, 5) is 12.2. The predicted octanol–water partition coefficient (Wildman–Crippen LogP) is 1.25. The molecular formula is C13H20N4O3. The molecule has 3 unspecified atom stereocenters. The smallest absolute Gasteiger partial charge is 0.322 e. The van der Waals surface area contributed by atoms with E-state index >= 15 is 0 Å². The first-order chi connectivity index (χ1) is 9.78. The van der Waals surface area contributed by atoms with Gasteiger partial charge in [0.15, 0.2) is 0 Å². The number of ether oxygens (including phenoxy) is 1. The maximum Gasteiger partial charge on any atom is 0.322 e. The van der Waals surface area contributed by atoms with Gasteiger partial charge in [-0.25, -0.2) is 0 Å². The summed E-state index contributed by atoms with van der Waals surface area (Å²) in [5, 5.41) is 13.9. The third kappa shape index (κ3) is 2.69. The molecule has 2 aliphatic rings. The van der Waals surface area contributed by atoms with E-state index in [-0.39, 0.29) is 30.0 Å². The van der Waals surface area contributed by atoms with Crippen LogP contribution in [0.2, 0.25) is 0 Å². The van der Waals surface area contributed by atoms with Crippen molar-refractivity contribution in [2.45, 2.75) is 44.8 Å². The first-order valence-electron chi connectivity index (χ1n) is 7.27. The van der Waals surface area contributed by atoms with Crippen LogP contribution in [0.3, 0.4) is 0 Å². The van der Waals surface area contributed by atoms with Gasteiger partial charge in [0.25, 0.3) is 0 Å². The third-order valence-electron chi connectivity index (χ3n) is 3.98.